The summed E-state index contributed by atoms with van der Waals surface area (Å²) in [4.78, 5) is 37.7. The highest BCUT2D eigenvalue weighted by atomic mass is 16.5. The molecule has 1 heterocycles. The highest BCUT2D eigenvalue weighted by molar-refractivity contribution is 5.91. The molecule has 10 nitrogen and oxygen atoms in total. The van der Waals surface area contributed by atoms with E-state index in [0.29, 0.717) is 34.4 Å². The van der Waals surface area contributed by atoms with Crippen molar-refractivity contribution in [2.24, 2.45) is 0 Å². The van der Waals surface area contributed by atoms with Crippen molar-refractivity contribution in [2.45, 2.75) is 6.54 Å². The van der Waals surface area contributed by atoms with Crippen LogP contribution in [0, 0.1) is 0 Å². The lowest BCUT2D eigenvalue weighted by Gasteiger charge is -2.13. The summed E-state index contributed by atoms with van der Waals surface area (Å²) in [5, 5.41) is 2.66. The second kappa shape index (κ2) is 9.73. The third kappa shape index (κ3) is 4.75. The first-order valence-corrected chi connectivity index (χ1v) is 9.47. The van der Waals surface area contributed by atoms with Crippen LogP contribution in [0.4, 0.5) is 5.69 Å². The van der Waals surface area contributed by atoms with Crippen molar-refractivity contribution < 1.29 is 23.7 Å². The van der Waals surface area contributed by atoms with Crippen LogP contribution in [-0.2, 0) is 11.3 Å². The van der Waals surface area contributed by atoms with Gasteiger partial charge in [0.1, 0.15) is 18.0 Å². The summed E-state index contributed by atoms with van der Waals surface area (Å²) < 4.78 is 23.0. The van der Waals surface area contributed by atoms with Gasteiger partial charge >= 0.3 is 11.1 Å². The van der Waals surface area contributed by atoms with Gasteiger partial charge in [-0.3, -0.25) is 23.5 Å². The average Bonchev–Trinajstić information content (AvgIpc) is 2.81. The van der Waals surface area contributed by atoms with Crippen LogP contribution in [0.1, 0.15) is 0 Å². The molecule has 10 heteroatoms. The van der Waals surface area contributed by atoms with Gasteiger partial charge < -0.3 is 24.3 Å². The fraction of sp³-hybridized carbons (Fsp3) is 0.227. The van der Waals surface area contributed by atoms with E-state index in [1.807, 2.05) is 0 Å². The Labute approximate surface area is 183 Å². The molecule has 1 aromatic heterocycles. The van der Waals surface area contributed by atoms with Gasteiger partial charge in [-0.25, -0.2) is 0 Å². The zero-order valence-electron chi connectivity index (χ0n) is 18.1. The number of benzene rings is 2. The lowest BCUT2D eigenvalue weighted by molar-refractivity contribution is -0.116. The molecule has 0 fully saturated rings. The molecule has 0 saturated carbocycles. The number of nitrogens with zero attached hydrogens (tertiary/aromatic N) is 2. The van der Waals surface area contributed by atoms with E-state index in [0.717, 1.165) is 4.57 Å². The number of rotatable bonds is 8. The molecule has 0 aliphatic heterocycles. The SMILES string of the molecule is COc1cc(NC(=O)Cn2ccn(-c3ccc(OC)c(OC)c3)c(=O)c2=O)cc(OC)c1. The lowest BCUT2D eigenvalue weighted by atomic mass is 10.2. The van der Waals surface area contributed by atoms with Crippen LogP contribution in [0.25, 0.3) is 5.69 Å². The van der Waals surface area contributed by atoms with Gasteiger partial charge in [-0.1, -0.05) is 0 Å². The second-order valence-electron chi connectivity index (χ2n) is 6.60. The fourth-order valence-electron chi connectivity index (χ4n) is 3.05. The van der Waals surface area contributed by atoms with E-state index in [1.165, 1.54) is 45.4 Å². The van der Waals surface area contributed by atoms with Crippen LogP contribution in [-0.4, -0.2) is 43.5 Å². The Balaban J connectivity index is 1.84. The number of hydrogen-bond acceptors (Lipinski definition) is 7. The van der Waals surface area contributed by atoms with Crippen LogP contribution >= 0.6 is 0 Å². The molecule has 0 spiro atoms. The smallest absolute Gasteiger partial charge is 0.320 e. The first kappa shape index (κ1) is 22.5. The summed E-state index contributed by atoms with van der Waals surface area (Å²) in [5.74, 6) is 1.40. The predicted molar refractivity (Wildman–Crippen MR) is 118 cm³/mol. The number of anilines is 1. The zero-order valence-corrected chi connectivity index (χ0v) is 18.1. The Bertz CT molecular complexity index is 1220. The molecule has 32 heavy (non-hydrogen) atoms. The summed E-state index contributed by atoms with van der Waals surface area (Å²) in [6, 6.07) is 9.70. The van der Waals surface area contributed by atoms with E-state index in [9.17, 15) is 14.4 Å². The standard InChI is InChI=1S/C22H23N3O7/c1-29-16-9-14(10-17(12-16)30-2)23-20(26)13-24-7-8-25(22(28)21(24)27)15-5-6-18(31-3)19(11-15)32-4/h5-12H,13H2,1-4H3,(H,23,26). The van der Waals surface area contributed by atoms with Crippen LogP contribution in [0.15, 0.2) is 58.4 Å². The van der Waals surface area contributed by atoms with Crippen molar-refractivity contribution in [2.75, 3.05) is 33.8 Å². The quantitative estimate of drug-likeness (QED) is 0.530. The molecule has 168 valence electrons. The number of carbonyl (C=O) groups excluding carboxylic acids is 1. The summed E-state index contributed by atoms with van der Waals surface area (Å²) in [6.45, 7) is -0.347. The molecule has 0 atom stereocenters. The van der Waals surface area contributed by atoms with E-state index < -0.39 is 17.0 Å². The number of carbonyl (C=O) groups is 1. The van der Waals surface area contributed by atoms with Crippen LogP contribution in [0.3, 0.4) is 0 Å². The largest absolute Gasteiger partial charge is 0.497 e. The minimum absolute atomic E-state index is 0.347. The molecule has 2 aromatic carbocycles. The third-order valence-corrected chi connectivity index (χ3v) is 4.65. The van der Waals surface area contributed by atoms with Crippen molar-refractivity contribution in [3.05, 3.63) is 69.5 Å². The molecule has 1 N–H and O–H groups in total. The number of methoxy groups -OCH3 is 4. The van der Waals surface area contributed by atoms with Gasteiger partial charge in [0.2, 0.25) is 5.91 Å². The first-order valence-electron chi connectivity index (χ1n) is 9.47. The van der Waals surface area contributed by atoms with Crippen LogP contribution in [0.5, 0.6) is 23.0 Å². The van der Waals surface area contributed by atoms with E-state index in [-0.39, 0.29) is 6.54 Å². The van der Waals surface area contributed by atoms with Crippen LogP contribution < -0.4 is 35.4 Å². The predicted octanol–water partition coefficient (Wildman–Crippen LogP) is 1.67. The molecule has 0 saturated heterocycles. The molecule has 0 aliphatic carbocycles. The van der Waals surface area contributed by atoms with Crippen molar-refractivity contribution in [3.63, 3.8) is 0 Å². The molecular weight excluding hydrogens is 418 g/mol. The summed E-state index contributed by atoms with van der Waals surface area (Å²) in [6.07, 6.45) is 2.78. The summed E-state index contributed by atoms with van der Waals surface area (Å²) in [5.41, 5.74) is -0.807. The van der Waals surface area contributed by atoms with E-state index in [2.05, 4.69) is 5.32 Å². The minimum atomic E-state index is -0.847. The molecule has 1 amide bonds. The second-order valence-corrected chi connectivity index (χ2v) is 6.60. The number of amides is 1. The normalized spacial score (nSPS) is 10.4. The van der Waals surface area contributed by atoms with Gasteiger partial charge in [0.15, 0.2) is 11.5 Å². The zero-order chi connectivity index (χ0) is 23.3. The number of aromatic nitrogens is 2. The van der Waals surface area contributed by atoms with Crippen molar-refractivity contribution in [3.8, 4) is 28.7 Å². The van der Waals surface area contributed by atoms with E-state index in [4.69, 9.17) is 18.9 Å². The molecule has 0 radical (unpaired) electrons. The maximum Gasteiger partial charge on any atom is 0.320 e. The van der Waals surface area contributed by atoms with Gasteiger partial charge in [0, 0.05) is 42.3 Å². The fourth-order valence-corrected chi connectivity index (χ4v) is 3.05. The van der Waals surface area contributed by atoms with Crippen molar-refractivity contribution >= 4 is 11.6 Å². The Kier molecular flexibility index (Phi) is 6.83. The average molecular weight is 441 g/mol. The van der Waals surface area contributed by atoms with Gasteiger partial charge in [-0.05, 0) is 12.1 Å². The first-order chi connectivity index (χ1) is 15.4. The topological polar surface area (TPSA) is 110 Å². The Morgan fingerprint density at radius 3 is 2.06 bits per heavy atom. The molecule has 0 aliphatic rings. The number of hydrogen-bond donors (Lipinski definition) is 1. The maximum atomic E-state index is 12.6. The maximum absolute atomic E-state index is 12.6. The molecule has 3 rings (SSSR count). The Morgan fingerprint density at radius 2 is 1.47 bits per heavy atom. The van der Waals surface area contributed by atoms with Crippen molar-refractivity contribution in [1.82, 2.24) is 9.13 Å². The van der Waals surface area contributed by atoms with Gasteiger partial charge in [-0.15, -0.1) is 0 Å². The molecular formula is C22H23N3O7. The minimum Gasteiger partial charge on any atom is -0.497 e. The van der Waals surface area contributed by atoms with E-state index in [1.54, 1.807) is 36.4 Å². The van der Waals surface area contributed by atoms with Gasteiger partial charge in [0.25, 0.3) is 0 Å². The van der Waals surface area contributed by atoms with Crippen LogP contribution in [0.2, 0.25) is 0 Å². The highest BCUT2D eigenvalue weighted by Crippen LogP contribution is 2.28. The Morgan fingerprint density at radius 1 is 0.812 bits per heavy atom. The molecule has 0 bridgehead atoms. The van der Waals surface area contributed by atoms with Gasteiger partial charge in [-0.2, -0.15) is 0 Å². The lowest BCUT2D eigenvalue weighted by Crippen LogP contribution is -2.41. The van der Waals surface area contributed by atoms with Crippen molar-refractivity contribution in [1.29, 1.82) is 0 Å². The van der Waals surface area contributed by atoms with E-state index >= 15 is 0 Å². The number of nitrogens with one attached hydrogen (secondary N) is 1. The van der Waals surface area contributed by atoms with Gasteiger partial charge in [0.05, 0.1) is 34.1 Å². The summed E-state index contributed by atoms with van der Waals surface area (Å²) in [7, 11) is 5.96. The Hall–Kier alpha value is -4.21. The molecule has 0 unspecified atom stereocenters. The number of ether oxygens (including phenoxy) is 4. The third-order valence-electron chi connectivity index (χ3n) is 4.65. The molecule has 3 aromatic rings. The summed E-state index contributed by atoms with van der Waals surface area (Å²) >= 11 is 0. The highest BCUT2D eigenvalue weighted by Gasteiger charge is 2.13. The monoisotopic (exact) mass is 441 g/mol.